The molecule has 18 heavy (non-hydrogen) atoms. The summed E-state index contributed by atoms with van der Waals surface area (Å²) < 4.78 is 0. The summed E-state index contributed by atoms with van der Waals surface area (Å²) in [6, 6.07) is 0.228. The fourth-order valence-corrected chi connectivity index (χ4v) is 4.23. The monoisotopic (exact) mass is 261 g/mol. The van der Waals surface area contributed by atoms with Crippen LogP contribution in [0.2, 0.25) is 0 Å². The lowest BCUT2D eigenvalue weighted by atomic mass is 9.54. The van der Waals surface area contributed by atoms with Crippen molar-refractivity contribution in [2.45, 2.75) is 52.0 Å². The first kappa shape index (κ1) is 13.7. The van der Waals surface area contributed by atoms with E-state index in [0.717, 1.165) is 6.42 Å². The smallest absolute Gasteiger partial charge is 0.0737 e. The highest BCUT2D eigenvalue weighted by Crippen LogP contribution is 2.55. The first-order valence-corrected chi connectivity index (χ1v) is 7.30. The Balaban J connectivity index is 2.39. The Morgan fingerprint density at radius 2 is 2.22 bits per heavy atom. The molecule has 2 saturated carbocycles. The largest absolute Gasteiger partial charge is 0.228 e. The summed E-state index contributed by atoms with van der Waals surface area (Å²) in [6.07, 6.45) is 6.16. The Kier molecular flexibility index (Phi) is 3.89. The summed E-state index contributed by atoms with van der Waals surface area (Å²) in [7, 11) is 0. The van der Waals surface area contributed by atoms with Crippen molar-refractivity contribution in [2.75, 3.05) is 0 Å². The molecule has 0 aromatic rings. The zero-order valence-electron chi connectivity index (χ0n) is 11.5. The Labute approximate surface area is 116 Å². The minimum atomic E-state index is 0.228. The Morgan fingerprint density at radius 1 is 1.50 bits per heavy atom. The Hall–Kier alpha value is -0.720. The maximum Gasteiger partial charge on any atom is 0.0737 e. The molecule has 2 aliphatic rings. The van der Waals surface area contributed by atoms with Gasteiger partial charge in [-0.1, -0.05) is 31.2 Å². The topological polar surface area (TPSA) is 12.4 Å². The number of fused-ring (bicyclic) bond motifs is 1. The van der Waals surface area contributed by atoms with Crippen LogP contribution in [0, 0.1) is 17.3 Å². The average molecular weight is 261 g/mol. The minimum absolute atomic E-state index is 0.228. The van der Waals surface area contributed by atoms with Crippen molar-refractivity contribution in [3.63, 3.8) is 0 Å². The van der Waals surface area contributed by atoms with E-state index in [1.54, 1.807) is 0 Å². The van der Waals surface area contributed by atoms with Crippen LogP contribution in [0.4, 0.5) is 0 Å². The lowest BCUT2D eigenvalue weighted by Gasteiger charge is -2.51. The molecule has 98 valence electrons. The predicted molar refractivity (Wildman–Crippen MR) is 80.9 cm³/mol. The van der Waals surface area contributed by atoms with Gasteiger partial charge in [-0.2, -0.15) is 0 Å². The molecule has 1 nitrogen and oxygen atoms in total. The molecule has 2 heteroatoms. The van der Waals surface area contributed by atoms with Crippen LogP contribution in [-0.2, 0) is 0 Å². The van der Waals surface area contributed by atoms with Gasteiger partial charge < -0.3 is 0 Å². The van der Waals surface area contributed by atoms with E-state index in [2.05, 4.69) is 37.2 Å². The SMILES string of the molecule is C=C1CCC[C@]2(C)CC[C@@H](C(=C)C)C(N=C=S)[C@@H]12. The molecule has 2 rings (SSSR count). The van der Waals surface area contributed by atoms with Gasteiger partial charge in [0.15, 0.2) is 0 Å². The number of nitrogens with zero attached hydrogens (tertiary/aromatic N) is 1. The van der Waals surface area contributed by atoms with Crippen molar-refractivity contribution >= 4 is 17.4 Å². The van der Waals surface area contributed by atoms with Gasteiger partial charge in [0.1, 0.15) is 0 Å². The minimum Gasteiger partial charge on any atom is -0.228 e. The Bertz CT molecular complexity index is 419. The van der Waals surface area contributed by atoms with Crippen molar-refractivity contribution in [2.24, 2.45) is 22.2 Å². The maximum atomic E-state index is 4.87. The van der Waals surface area contributed by atoms with E-state index in [0.29, 0.717) is 17.3 Å². The highest BCUT2D eigenvalue weighted by atomic mass is 32.1. The summed E-state index contributed by atoms with van der Waals surface area (Å²) in [4.78, 5) is 4.51. The second-order valence-electron chi connectivity index (χ2n) is 6.35. The van der Waals surface area contributed by atoms with Gasteiger partial charge in [-0.25, -0.2) is 4.99 Å². The van der Waals surface area contributed by atoms with Gasteiger partial charge in [0.05, 0.1) is 11.2 Å². The summed E-state index contributed by atoms with van der Waals surface area (Å²) in [5, 5.41) is 2.62. The molecule has 0 aliphatic heterocycles. The molecule has 0 N–H and O–H groups in total. The van der Waals surface area contributed by atoms with Gasteiger partial charge in [0.2, 0.25) is 0 Å². The van der Waals surface area contributed by atoms with Crippen molar-refractivity contribution < 1.29 is 0 Å². The predicted octanol–water partition coefficient (Wildman–Crippen LogP) is 4.81. The summed E-state index contributed by atoms with van der Waals surface area (Å²) in [5.41, 5.74) is 2.96. The number of hydrogen-bond donors (Lipinski definition) is 0. The van der Waals surface area contributed by atoms with Gasteiger partial charge in [-0.3, -0.25) is 0 Å². The van der Waals surface area contributed by atoms with Crippen LogP contribution in [-0.4, -0.2) is 11.2 Å². The molecule has 0 saturated heterocycles. The molecule has 2 fully saturated rings. The van der Waals surface area contributed by atoms with Crippen LogP contribution >= 0.6 is 12.2 Å². The fraction of sp³-hybridized carbons (Fsp3) is 0.688. The van der Waals surface area contributed by atoms with Gasteiger partial charge in [0.25, 0.3) is 0 Å². The van der Waals surface area contributed by atoms with Crippen LogP contribution in [0.1, 0.15) is 46.0 Å². The zero-order chi connectivity index (χ0) is 13.3. The number of rotatable bonds is 2. The second-order valence-corrected chi connectivity index (χ2v) is 6.53. The number of isothiocyanates is 1. The third-order valence-corrected chi connectivity index (χ3v) is 5.16. The van der Waals surface area contributed by atoms with E-state index in [9.17, 15) is 0 Å². The molecular formula is C16H23NS. The van der Waals surface area contributed by atoms with Crippen molar-refractivity contribution in [1.29, 1.82) is 0 Å². The molecule has 0 aromatic carbocycles. The molecule has 0 spiro atoms. The Morgan fingerprint density at radius 3 is 2.83 bits per heavy atom. The highest BCUT2D eigenvalue weighted by Gasteiger charge is 2.49. The molecule has 2 aliphatic carbocycles. The first-order chi connectivity index (χ1) is 8.49. The van der Waals surface area contributed by atoms with Crippen LogP contribution in [0.5, 0.6) is 0 Å². The summed E-state index contributed by atoms with van der Waals surface area (Å²) in [6.45, 7) is 13.0. The number of aliphatic imine (C=N–C) groups is 1. The average Bonchev–Trinajstić information content (AvgIpc) is 2.28. The van der Waals surface area contributed by atoms with Crippen molar-refractivity contribution in [1.82, 2.24) is 0 Å². The van der Waals surface area contributed by atoms with Crippen molar-refractivity contribution in [3.05, 3.63) is 24.3 Å². The van der Waals surface area contributed by atoms with Crippen LogP contribution in [0.3, 0.4) is 0 Å². The van der Waals surface area contributed by atoms with E-state index >= 15 is 0 Å². The highest BCUT2D eigenvalue weighted by molar-refractivity contribution is 7.78. The van der Waals surface area contributed by atoms with Gasteiger partial charge in [0, 0.05) is 11.8 Å². The van der Waals surface area contributed by atoms with Gasteiger partial charge in [-0.15, -0.1) is 0 Å². The zero-order valence-corrected chi connectivity index (χ0v) is 12.4. The molecule has 0 aromatic heterocycles. The fourth-order valence-electron chi connectivity index (χ4n) is 4.11. The van der Waals surface area contributed by atoms with Crippen LogP contribution < -0.4 is 0 Å². The second kappa shape index (κ2) is 5.11. The number of hydrogen-bond acceptors (Lipinski definition) is 2. The van der Waals surface area contributed by atoms with Crippen LogP contribution in [0.25, 0.3) is 0 Å². The maximum absolute atomic E-state index is 4.87. The van der Waals surface area contributed by atoms with Gasteiger partial charge in [-0.05, 0) is 56.7 Å². The third kappa shape index (κ3) is 2.24. The summed E-state index contributed by atoms with van der Waals surface area (Å²) >= 11 is 4.87. The molecule has 1 unspecified atom stereocenters. The molecule has 0 amide bonds. The van der Waals surface area contributed by atoms with E-state index in [4.69, 9.17) is 12.2 Å². The first-order valence-electron chi connectivity index (χ1n) is 6.89. The van der Waals surface area contributed by atoms with E-state index in [1.165, 1.54) is 36.8 Å². The third-order valence-electron chi connectivity index (χ3n) is 5.05. The van der Waals surface area contributed by atoms with Crippen LogP contribution in [0.15, 0.2) is 29.3 Å². The lowest BCUT2D eigenvalue weighted by molar-refractivity contribution is 0.0645. The van der Waals surface area contributed by atoms with E-state index < -0.39 is 0 Å². The molecule has 0 radical (unpaired) electrons. The van der Waals surface area contributed by atoms with Crippen molar-refractivity contribution in [3.8, 4) is 0 Å². The molecular weight excluding hydrogens is 238 g/mol. The van der Waals surface area contributed by atoms with Gasteiger partial charge >= 0.3 is 0 Å². The normalized spacial score (nSPS) is 39.7. The molecule has 0 bridgehead atoms. The van der Waals surface area contributed by atoms with E-state index in [1.807, 2.05) is 0 Å². The van der Waals surface area contributed by atoms with E-state index in [-0.39, 0.29) is 6.04 Å². The summed E-state index contributed by atoms with van der Waals surface area (Å²) in [5.74, 6) is 0.922. The lowest BCUT2D eigenvalue weighted by Crippen LogP contribution is -2.47. The standard InChI is InChI=1S/C16H23NS/c1-11(2)13-7-9-16(4)8-5-6-12(3)14(16)15(13)17-10-18/h13-15H,1,3,5-9H2,2,4H3/t13-,14+,15?,16+/m0/s1. The molecule has 0 heterocycles. The molecule has 4 atom stereocenters. The quantitative estimate of drug-likeness (QED) is 0.395. The number of thiocarbonyl (C=S) groups is 1.